The summed E-state index contributed by atoms with van der Waals surface area (Å²) in [4.78, 5) is 0. The van der Waals surface area contributed by atoms with Crippen molar-refractivity contribution in [2.45, 2.75) is 12.5 Å². The van der Waals surface area contributed by atoms with Crippen LogP contribution in [0.25, 0.3) is 0 Å². The maximum Gasteiger partial charge on any atom is 0.132 e. The molecular formula is C9H10O2. The molecule has 1 N–H and O–H groups in total. The third-order valence-electron chi connectivity index (χ3n) is 1.36. The van der Waals surface area contributed by atoms with E-state index in [1.807, 2.05) is 0 Å². The van der Waals surface area contributed by atoms with E-state index >= 15 is 0 Å². The molecule has 0 fully saturated rings. The highest BCUT2D eigenvalue weighted by Gasteiger charge is 2.06. The molecule has 0 aliphatic rings. The first-order valence-corrected chi connectivity index (χ1v) is 3.40. The van der Waals surface area contributed by atoms with Crippen LogP contribution in [0, 0.1) is 0 Å². The van der Waals surface area contributed by atoms with Gasteiger partial charge in [0.05, 0.1) is 6.26 Å². The van der Waals surface area contributed by atoms with E-state index in [0.29, 0.717) is 12.2 Å². The number of hydrogen-bond donors (Lipinski definition) is 1. The van der Waals surface area contributed by atoms with Crippen molar-refractivity contribution in [3.63, 3.8) is 0 Å². The van der Waals surface area contributed by atoms with Crippen LogP contribution in [0.2, 0.25) is 0 Å². The summed E-state index contributed by atoms with van der Waals surface area (Å²) in [5.74, 6) is 0.580. The van der Waals surface area contributed by atoms with Crippen LogP contribution in [0.3, 0.4) is 0 Å². The highest BCUT2D eigenvalue weighted by atomic mass is 16.4. The van der Waals surface area contributed by atoms with Gasteiger partial charge in [-0.25, -0.2) is 0 Å². The predicted octanol–water partition coefficient (Wildman–Crippen LogP) is 2.04. The molecule has 0 aliphatic heterocycles. The lowest BCUT2D eigenvalue weighted by molar-refractivity contribution is 0.153. The molecule has 0 saturated heterocycles. The topological polar surface area (TPSA) is 33.4 Å². The first-order valence-electron chi connectivity index (χ1n) is 3.40. The maximum atomic E-state index is 9.35. The fraction of sp³-hybridized carbons (Fsp3) is 0.222. The zero-order valence-electron chi connectivity index (χ0n) is 6.16. The molecule has 0 amide bonds. The third-order valence-corrected chi connectivity index (χ3v) is 1.36. The van der Waals surface area contributed by atoms with Gasteiger partial charge in [0, 0.05) is 6.42 Å². The molecule has 1 aromatic rings. The van der Waals surface area contributed by atoms with Crippen molar-refractivity contribution in [1.82, 2.24) is 0 Å². The Hall–Kier alpha value is -1.24. The van der Waals surface area contributed by atoms with Crippen molar-refractivity contribution in [2.75, 3.05) is 0 Å². The van der Waals surface area contributed by atoms with E-state index in [0.717, 1.165) is 0 Å². The maximum absolute atomic E-state index is 9.35. The number of rotatable bonds is 3. The zero-order valence-corrected chi connectivity index (χ0v) is 6.16. The fourth-order valence-electron chi connectivity index (χ4n) is 0.792. The number of aliphatic hydroxyl groups is 1. The highest BCUT2D eigenvalue weighted by molar-refractivity contribution is 5.03. The summed E-state index contributed by atoms with van der Waals surface area (Å²) in [6.07, 6.45) is 3.14. The van der Waals surface area contributed by atoms with Crippen LogP contribution >= 0.6 is 0 Å². The van der Waals surface area contributed by atoms with E-state index in [9.17, 15) is 5.11 Å². The van der Waals surface area contributed by atoms with Gasteiger partial charge in [0.2, 0.25) is 0 Å². The van der Waals surface area contributed by atoms with Crippen molar-refractivity contribution in [1.29, 1.82) is 0 Å². The molecule has 0 spiro atoms. The largest absolute Gasteiger partial charge is 0.467 e. The van der Waals surface area contributed by atoms with Gasteiger partial charge < -0.3 is 9.52 Å². The highest BCUT2D eigenvalue weighted by Crippen LogP contribution is 2.16. The van der Waals surface area contributed by atoms with E-state index in [4.69, 9.17) is 4.42 Å². The summed E-state index contributed by atoms with van der Waals surface area (Å²) >= 11 is 0. The van der Waals surface area contributed by atoms with E-state index < -0.39 is 6.10 Å². The minimum atomic E-state index is -0.570. The van der Waals surface area contributed by atoms with Crippen molar-refractivity contribution in [3.05, 3.63) is 42.5 Å². The summed E-state index contributed by atoms with van der Waals surface area (Å²) in [6, 6.07) is 3.48. The molecule has 0 saturated carbocycles. The molecule has 0 aliphatic carbocycles. The smallest absolute Gasteiger partial charge is 0.132 e. The molecule has 1 heterocycles. The third kappa shape index (κ3) is 2.11. The molecule has 1 aromatic heterocycles. The fourth-order valence-corrected chi connectivity index (χ4v) is 0.792. The van der Waals surface area contributed by atoms with Crippen LogP contribution < -0.4 is 0 Å². The summed E-state index contributed by atoms with van der Waals surface area (Å²) in [5.41, 5.74) is 2.58. The quantitative estimate of drug-likeness (QED) is 0.669. The van der Waals surface area contributed by atoms with E-state index in [1.165, 1.54) is 6.26 Å². The molecule has 0 aromatic carbocycles. The average Bonchev–Trinajstić information content (AvgIpc) is 2.52. The van der Waals surface area contributed by atoms with Crippen LogP contribution in [-0.4, -0.2) is 5.11 Å². The Morgan fingerprint density at radius 2 is 2.64 bits per heavy atom. The van der Waals surface area contributed by atoms with Gasteiger partial charge in [0.25, 0.3) is 0 Å². The minimum absolute atomic E-state index is 0.497. The SMILES string of the molecule is C=C=CCC(O)c1ccco1. The molecule has 0 bridgehead atoms. The normalized spacial score (nSPS) is 12.1. The van der Waals surface area contributed by atoms with E-state index in [1.54, 1.807) is 18.2 Å². The monoisotopic (exact) mass is 150 g/mol. The van der Waals surface area contributed by atoms with Crippen molar-refractivity contribution in [3.8, 4) is 0 Å². The van der Waals surface area contributed by atoms with Crippen LogP contribution in [0.5, 0.6) is 0 Å². The summed E-state index contributed by atoms with van der Waals surface area (Å²) in [5, 5.41) is 9.35. The first kappa shape index (κ1) is 7.86. The summed E-state index contributed by atoms with van der Waals surface area (Å²) < 4.78 is 4.97. The molecule has 1 rings (SSSR count). The standard InChI is InChI=1S/C9H10O2/c1-2-3-5-8(10)9-6-4-7-11-9/h3-4,6-8,10H,1,5H2. The van der Waals surface area contributed by atoms with Gasteiger partial charge in [-0.05, 0) is 18.2 Å². The van der Waals surface area contributed by atoms with Crippen LogP contribution in [0.15, 0.2) is 41.2 Å². The van der Waals surface area contributed by atoms with Gasteiger partial charge in [-0.2, -0.15) is 0 Å². The Morgan fingerprint density at radius 3 is 3.18 bits per heavy atom. The summed E-state index contributed by atoms with van der Waals surface area (Å²) in [7, 11) is 0. The van der Waals surface area contributed by atoms with Crippen molar-refractivity contribution < 1.29 is 9.52 Å². The average molecular weight is 150 g/mol. The Labute approximate surface area is 65.5 Å². The predicted molar refractivity (Wildman–Crippen MR) is 42.0 cm³/mol. The first-order chi connectivity index (χ1) is 5.34. The molecule has 11 heavy (non-hydrogen) atoms. The lowest BCUT2D eigenvalue weighted by Gasteiger charge is -2.01. The molecule has 2 nitrogen and oxygen atoms in total. The Kier molecular flexibility index (Phi) is 2.73. The lowest BCUT2D eigenvalue weighted by atomic mass is 10.2. The second-order valence-electron chi connectivity index (χ2n) is 2.18. The Morgan fingerprint density at radius 1 is 1.82 bits per heavy atom. The van der Waals surface area contributed by atoms with Gasteiger partial charge in [-0.1, -0.05) is 6.58 Å². The lowest BCUT2D eigenvalue weighted by Crippen LogP contribution is -1.91. The van der Waals surface area contributed by atoms with Crippen LogP contribution in [0.1, 0.15) is 18.3 Å². The number of hydrogen-bond acceptors (Lipinski definition) is 2. The van der Waals surface area contributed by atoms with Gasteiger partial charge in [-0.3, -0.25) is 0 Å². The summed E-state index contributed by atoms with van der Waals surface area (Å²) in [6.45, 7) is 3.39. The zero-order chi connectivity index (χ0) is 8.10. The molecule has 0 radical (unpaired) electrons. The minimum Gasteiger partial charge on any atom is -0.467 e. The number of aliphatic hydroxyl groups excluding tert-OH is 1. The van der Waals surface area contributed by atoms with Crippen molar-refractivity contribution in [2.24, 2.45) is 0 Å². The van der Waals surface area contributed by atoms with Crippen LogP contribution in [0.4, 0.5) is 0 Å². The van der Waals surface area contributed by atoms with E-state index in [2.05, 4.69) is 12.3 Å². The molecular weight excluding hydrogens is 140 g/mol. The van der Waals surface area contributed by atoms with Crippen molar-refractivity contribution >= 4 is 0 Å². The van der Waals surface area contributed by atoms with Gasteiger partial charge >= 0.3 is 0 Å². The Bertz CT molecular complexity index is 243. The molecule has 58 valence electrons. The van der Waals surface area contributed by atoms with Gasteiger partial charge in [0.15, 0.2) is 0 Å². The second-order valence-corrected chi connectivity index (χ2v) is 2.18. The molecule has 1 atom stereocenters. The van der Waals surface area contributed by atoms with Gasteiger partial charge in [-0.15, -0.1) is 5.73 Å². The molecule has 1 unspecified atom stereocenters. The Balaban J connectivity index is 2.55. The van der Waals surface area contributed by atoms with Gasteiger partial charge in [0.1, 0.15) is 11.9 Å². The number of furan rings is 1. The second kappa shape index (κ2) is 3.81. The molecule has 2 heteroatoms. The van der Waals surface area contributed by atoms with E-state index in [-0.39, 0.29) is 0 Å². The van der Waals surface area contributed by atoms with Crippen LogP contribution in [-0.2, 0) is 0 Å².